The Morgan fingerprint density at radius 3 is 1.79 bits per heavy atom. The van der Waals surface area contributed by atoms with Gasteiger partial charge in [0.25, 0.3) is 6.33 Å². The summed E-state index contributed by atoms with van der Waals surface area (Å²) in [6.07, 6.45) is 7.48. The Kier molecular flexibility index (Phi) is 5.89. The number of anilines is 2. The highest BCUT2D eigenvalue weighted by molar-refractivity contribution is 5.80. The molecule has 0 radical (unpaired) electrons. The number of rotatable bonds is 6. The molecule has 0 spiro atoms. The molecule has 28 heavy (non-hydrogen) atoms. The van der Waals surface area contributed by atoms with Gasteiger partial charge in [0.1, 0.15) is 0 Å². The average Bonchev–Trinajstić information content (AvgIpc) is 3.05. The van der Waals surface area contributed by atoms with Crippen LogP contribution >= 0.6 is 0 Å². The van der Waals surface area contributed by atoms with E-state index < -0.39 is 0 Å². The molecule has 6 heteroatoms. The van der Waals surface area contributed by atoms with Gasteiger partial charge in [-0.3, -0.25) is 0 Å². The highest BCUT2D eigenvalue weighted by Crippen LogP contribution is 2.12. The zero-order valence-corrected chi connectivity index (χ0v) is 17.1. The van der Waals surface area contributed by atoms with Crippen molar-refractivity contribution in [2.45, 2.75) is 6.92 Å². The van der Waals surface area contributed by atoms with Gasteiger partial charge in [-0.2, -0.15) is 0 Å². The van der Waals surface area contributed by atoms with Crippen molar-refractivity contribution in [3.05, 3.63) is 77.9 Å². The van der Waals surface area contributed by atoms with E-state index in [1.54, 1.807) is 4.68 Å². The van der Waals surface area contributed by atoms with Crippen LogP contribution in [0.4, 0.5) is 11.4 Å². The average molecular weight is 376 g/mol. The maximum absolute atomic E-state index is 4.54. The van der Waals surface area contributed by atoms with Crippen LogP contribution in [0, 0.1) is 6.92 Å². The number of aromatic nitrogens is 2. The number of hydrogen-bond donors (Lipinski definition) is 0. The highest BCUT2D eigenvalue weighted by atomic mass is 15.5. The fraction of sp³-hybridized carbons (Fsp3) is 0.227. The van der Waals surface area contributed by atoms with Gasteiger partial charge in [-0.05, 0) is 35.4 Å². The predicted molar refractivity (Wildman–Crippen MR) is 117 cm³/mol. The Morgan fingerprint density at radius 2 is 1.29 bits per heavy atom. The standard InChI is InChI=1S/C22H27N6/c1-18-16-27(23-14-19-6-10-21(11-7-19)25(2)3)17-28(18)24-15-20-8-12-22(13-9-20)26(4)5/h6-17H,1-5H3/q+1/b23-14+,24-15+. The van der Waals surface area contributed by atoms with Crippen LogP contribution < -0.4 is 14.5 Å². The van der Waals surface area contributed by atoms with E-state index in [0.717, 1.165) is 16.8 Å². The summed E-state index contributed by atoms with van der Waals surface area (Å²) in [7, 11) is 8.12. The molecule has 0 N–H and O–H groups in total. The van der Waals surface area contributed by atoms with Crippen molar-refractivity contribution in [1.29, 1.82) is 0 Å². The van der Waals surface area contributed by atoms with Gasteiger partial charge in [0.2, 0.25) is 0 Å². The minimum Gasteiger partial charge on any atom is -0.378 e. The minimum atomic E-state index is 1.00. The Bertz CT molecular complexity index is 963. The van der Waals surface area contributed by atoms with Gasteiger partial charge < -0.3 is 9.80 Å². The Morgan fingerprint density at radius 1 is 0.786 bits per heavy atom. The van der Waals surface area contributed by atoms with E-state index in [1.807, 2.05) is 64.7 Å². The fourth-order valence-corrected chi connectivity index (χ4v) is 2.65. The van der Waals surface area contributed by atoms with E-state index in [4.69, 9.17) is 0 Å². The SMILES string of the molecule is Cc1c[n+](/N=C/c2ccc(N(C)C)cc2)cn1/N=C/c1ccc(N(C)C)cc1. The van der Waals surface area contributed by atoms with Crippen LogP contribution in [-0.2, 0) is 0 Å². The summed E-state index contributed by atoms with van der Waals surface area (Å²) in [6, 6.07) is 16.5. The van der Waals surface area contributed by atoms with Gasteiger partial charge in [-0.25, -0.2) is 0 Å². The molecular weight excluding hydrogens is 348 g/mol. The van der Waals surface area contributed by atoms with Crippen molar-refractivity contribution in [2.75, 3.05) is 38.0 Å². The van der Waals surface area contributed by atoms with Crippen molar-refractivity contribution in [1.82, 2.24) is 4.68 Å². The minimum absolute atomic E-state index is 1.00. The number of benzene rings is 2. The summed E-state index contributed by atoms with van der Waals surface area (Å²) in [6.45, 7) is 2.00. The van der Waals surface area contributed by atoms with Crippen molar-refractivity contribution < 1.29 is 4.68 Å². The van der Waals surface area contributed by atoms with Gasteiger partial charge in [-0.1, -0.05) is 34.5 Å². The van der Waals surface area contributed by atoms with Crippen LogP contribution in [0.1, 0.15) is 16.8 Å². The van der Waals surface area contributed by atoms with Crippen LogP contribution in [0.15, 0.2) is 71.3 Å². The normalized spacial score (nSPS) is 11.5. The molecule has 1 heterocycles. The van der Waals surface area contributed by atoms with Gasteiger partial charge in [0.15, 0.2) is 11.9 Å². The third kappa shape index (κ3) is 4.85. The quantitative estimate of drug-likeness (QED) is 0.491. The van der Waals surface area contributed by atoms with Gasteiger partial charge >= 0.3 is 0 Å². The fourth-order valence-electron chi connectivity index (χ4n) is 2.65. The molecule has 6 nitrogen and oxygen atoms in total. The molecule has 144 valence electrons. The van der Waals surface area contributed by atoms with Crippen LogP contribution in [0.2, 0.25) is 0 Å². The third-order valence-electron chi connectivity index (χ3n) is 4.40. The highest BCUT2D eigenvalue weighted by Gasteiger charge is 2.07. The molecule has 0 unspecified atom stereocenters. The number of hydrogen-bond acceptors (Lipinski definition) is 4. The van der Waals surface area contributed by atoms with Gasteiger partial charge in [-0.15, -0.1) is 9.35 Å². The maximum atomic E-state index is 4.54. The largest absolute Gasteiger partial charge is 0.378 e. The van der Waals surface area contributed by atoms with E-state index in [0.29, 0.717) is 0 Å². The lowest BCUT2D eigenvalue weighted by atomic mass is 10.2. The zero-order valence-electron chi connectivity index (χ0n) is 17.1. The molecule has 0 saturated heterocycles. The smallest absolute Gasteiger partial charge is 0.295 e. The molecule has 0 atom stereocenters. The van der Waals surface area contributed by atoms with Crippen LogP contribution in [-0.4, -0.2) is 45.3 Å². The summed E-state index contributed by atoms with van der Waals surface area (Å²) in [4.78, 5) is 4.15. The Balaban J connectivity index is 1.70. The third-order valence-corrected chi connectivity index (χ3v) is 4.40. The Hall–Kier alpha value is -3.41. The molecule has 0 aliphatic carbocycles. The lowest BCUT2D eigenvalue weighted by Crippen LogP contribution is -2.24. The lowest BCUT2D eigenvalue weighted by molar-refractivity contribution is -0.677. The van der Waals surface area contributed by atoms with E-state index in [-0.39, 0.29) is 0 Å². The van der Waals surface area contributed by atoms with Crippen LogP contribution in [0.5, 0.6) is 0 Å². The first-order chi connectivity index (χ1) is 13.4. The van der Waals surface area contributed by atoms with Crippen LogP contribution in [0.25, 0.3) is 0 Å². The van der Waals surface area contributed by atoms with Crippen LogP contribution in [0.3, 0.4) is 0 Å². The van der Waals surface area contributed by atoms with Crippen molar-refractivity contribution in [3.63, 3.8) is 0 Å². The first-order valence-corrected chi connectivity index (χ1v) is 9.16. The lowest BCUT2D eigenvalue weighted by Gasteiger charge is -2.11. The molecule has 3 aromatic rings. The summed E-state index contributed by atoms with van der Waals surface area (Å²) in [5, 5.41) is 9.03. The summed E-state index contributed by atoms with van der Waals surface area (Å²) in [5.74, 6) is 0. The second-order valence-electron chi connectivity index (χ2n) is 7.07. The van der Waals surface area contributed by atoms with Gasteiger partial charge in [0, 0.05) is 46.5 Å². The van der Waals surface area contributed by atoms with Gasteiger partial charge in [0.05, 0.1) is 12.4 Å². The predicted octanol–water partition coefficient (Wildman–Crippen LogP) is 2.98. The summed E-state index contributed by atoms with van der Waals surface area (Å²) >= 11 is 0. The summed E-state index contributed by atoms with van der Waals surface area (Å²) in [5.41, 5.74) is 5.43. The molecule has 0 bridgehead atoms. The molecular formula is C22H27N6+. The molecule has 3 rings (SSSR count). The number of aryl methyl sites for hydroxylation is 1. The number of imidazole rings is 1. The second kappa shape index (κ2) is 8.52. The second-order valence-corrected chi connectivity index (χ2v) is 7.07. The van der Waals surface area contributed by atoms with E-state index >= 15 is 0 Å². The summed E-state index contributed by atoms with van der Waals surface area (Å²) < 4.78 is 3.58. The topological polar surface area (TPSA) is 40.0 Å². The maximum Gasteiger partial charge on any atom is 0.295 e. The molecule has 0 aliphatic rings. The van der Waals surface area contributed by atoms with E-state index in [9.17, 15) is 0 Å². The first kappa shape index (κ1) is 19.4. The zero-order chi connectivity index (χ0) is 20.1. The molecule has 0 saturated carbocycles. The Labute approximate surface area is 166 Å². The van der Waals surface area contributed by atoms with Crippen molar-refractivity contribution in [2.24, 2.45) is 10.2 Å². The van der Waals surface area contributed by atoms with Crippen molar-refractivity contribution in [3.8, 4) is 0 Å². The first-order valence-electron chi connectivity index (χ1n) is 9.16. The number of nitrogens with zero attached hydrogens (tertiary/aromatic N) is 6. The monoisotopic (exact) mass is 375 g/mol. The van der Waals surface area contributed by atoms with E-state index in [2.05, 4.69) is 68.5 Å². The molecule has 0 aliphatic heterocycles. The molecule has 1 aromatic heterocycles. The van der Waals surface area contributed by atoms with Crippen molar-refractivity contribution >= 4 is 23.8 Å². The molecule has 0 amide bonds. The molecule has 2 aromatic carbocycles. The van der Waals surface area contributed by atoms with E-state index in [1.165, 1.54) is 11.4 Å². The molecule has 0 fully saturated rings.